The van der Waals surface area contributed by atoms with Crippen LogP contribution in [0.15, 0.2) is 48.5 Å². The quantitative estimate of drug-likeness (QED) is 0.624. The maximum atomic E-state index is 12.0. The van der Waals surface area contributed by atoms with Gasteiger partial charge in [-0.15, -0.1) is 0 Å². The first-order chi connectivity index (χ1) is 12.6. The van der Waals surface area contributed by atoms with Gasteiger partial charge in [0.1, 0.15) is 12.4 Å². The molecule has 0 radical (unpaired) electrons. The number of ether oxygens (including phenoxy) is 2. The molecule has 0 heterocycles. The van der Waals surface area contributed by atoms with E-state index in [4.69, 9.17) is 21.1 Å². The predicted octanol–water partition coefficient (Wildman–Crippen LogP) is 3.33. The van der Waals surface area contributed by atoms with Crippen LogP contribution in [0, 0.1) is 0 Å². The van der Waals surface area contributed by atoms with E-state index in [2.05, 4.69) is 10.6 Å². The summed E-state index contributed by atoms with van der Waals surface area (Å²) in [7, 11) is 1.64. The Bertz CT molecular complexity index is 692. The van der Waals surface area contributed by atoms with Gasteiger partial charge in [0, 0.05) is 24.7 Å². The van der Waals surface area contributed by atoms with E-state index in [1.165, 1.54) is 0 Å². The second-order valence-electron chi connectivity index (χ2n) is 5.89. The van der Waals surface area contributed by atoms with Gasteiger partial charge >= 0.3 is 0 Å². The molecule has 26 heavy (non-hydrogen) atoms. The van der Waals surface area contributed by atoms with Crippen molar-refractivity contribution < 1.29 is 14.3 Å². The van der Waals surface area contributed by atoms with Crippen molar-refractivity contribution in [1.29, 1.82) is 0 Å². The minimum absolute atomic E-state index is 0.00187. The normalized spacial score (nSPS) is 11.8. The standard InChI is InChI=1S/C20H25ClN2O3/c1-15(18-5-3-4-6-19(18)21)22-14-20(24)23-13-16-7-9-17(10-8-16)26-12-11-25-2/h3-10,15,22H,11-14H2,1-2H3,(H,23,24). The molecule has 2 aromatic carbocycles. The molecule has 1 atom stereocenters. The molecule has 2 aromatic rings. The maximum absolute atomic E-state index is 12.0. The van der Waals surface area contributed by atoms with E-state index >= 15 is 0 Å². The van der Waals surface area contributed by atoms with E-state index in [1.54, 1.807) is 7.11 Å². The Balaban J connectivity index is 1.72. The summed E-state index contributed by atoms with van der Waals surface area (Å²) in [6, 6.07) is 15.2. The number of hydrogen-bond donors (Lipinski definition) is 2. The molecule has 0 saturated carbocycles. The van der Waals surface area contributed by atoms with E-state index in [0.717, 1.165) is 16.9 Å². The van der Waals surface area contributed by atoms with E-state index in [9.17, 15) is 4.79 Å². The van der Waals surface area contributed by atoms with Crippen molar-refractivity contribution in [3.05, 3.63) is 64.7 Å². The van der Waals surface area contributed by atoms with Gasteiger partial charge in [-0.3, -0.25) is 4.79 Å². The van der Waals surface area contributed by atoms with Crippen LogP contribution in [0.3, 0.4) is 0 Å². The zero-order chi connectivity index (χ0) is 18.8. The van der Waals surface area contributed by atoms with Crippen molar-refractivity contribution >= 4 is 17.5 Å². The lowest BCUT2D eigenvalue weighted by atomic mass is 10.1. The van der Waals surface area contributed by atoms with Gasteiger partial charge in [-0.1, -0.05) is 41.9 Å². The zero-order valence-electron chi connectivity index (χ0n) is 15.1. The van der Waals surface area contributed by atoms with Crippen molar-refractivity contribution in [2.75, 3.05) is 26.9 Å². The first-order valence-corrected chi connectivity index (χ1v) is 8.93. The Morgan fingerprint density at radius 1 is 1.12 bits per heavy atom. The molecular weight excluding hydrogens is 352 g/mol. The molecule has 0 aromatic heterocycles. The van der Waals surface area contributed by atoms with Crippen LogP contribution in [-0.2, 0) is 16.1 Å². The number of rotatable bonds is 10. The minimum Gasteiger partial charge on any atom is -0.491 e. The van der Waals surface area contributed by atoms with Crippen LogP contribution in [0.5, 0.6) is 5.75 Å². The van der Waals surface area contributed by atoms with Crippen LogP contribution >= 0.6 is 11.6 Å². The highest BCUT2D eigenvalue weighted by molar-refractivity contribution is 6.31. The van der Waals surface area contributed by atoms with Crippen molar-refractivity contribution in [1.82, 2.24) is 10.6 Å². The Hall–Kier alpha value is -2.08. The smallest absolute Gasteiger partial charge is 0.234 e. The van der Waals surface area contributed by atoms with E-state index < -0.39 is 0 Å². The predicted molar refractivity (Wildman–Crippen MR) is 104 cm³/mol. The molecule has 1 unspecified atom stereocenters. The van der Waals surface area contributed by atoms with Crippen molar-refractivity contribution in [3.8, 4) is 5.75 Å². The number of benzene rings is 2. The molecule has 0 aliphatic carbocycles. The molecule has 0 bridgehead atoms. The summed E-state index contributed by atoms with van der Waals surface area (Å²) in [6.07, 6.45) is 0. The Labute approximate surface area is 159 Å². The summed E-state index contributed by atoms with van der Waals surface area (Å²) in [5, 5.41) is 6.78. The molecule has 0 spiro atoms. The number of carbonyl (C=O) groups is 1. The number of hydrogen-bond acceptors (Lipinski definition) is 4. The third-order valence-corrected chi connectivity index (χ3v) is 4.25. The topological polar surface area (TPSA) is 59.6 Å². The fraction of sp³-hybridized carbons (Fsp3) is 0.350. The second kappa shape index (κ2) is 10.8. The SMILES string of the molecule is COCCOc1ccc(CNC(=O)CNC(C)c2ccccc2Cl)cc1. The molecule has 0 aliphatic rings. The molecule has 6 heteroatoms. The summed E-state index contributed by atoms with van der Waals surface area (Å²) in [5.74, 6) is 0.719. The minimum atomic E-state index is -0.0654. The van der Waals surface area contributed by atoms with Gasteiger partial charge in [0.2, 0.25) is 5.91 Å². The average Bonchev–Trinajstić information content (AvgIpc) is 2.66. The Morgan fingerprint density at radius 2 is 1.85 bits per heavy atom. The molecule has 1 amide bonds. The van der Waals surface area contributed by atoms with Gasteiger partial charge in [0.15, 0.2) is 0 Å². The van der Waals surface area contributed by atoms with Crippen LogP contribution in [0.2, 0.25) is 5.02 Å². The molecule has 140 valence electrons. The highest BCUT2D eigenvalue weighted by Crippen LogP contribution is 2.21. The van der Waals surface area contributed by atoms with E-state index in [1.807, 2.05) is 55.5 Å². The highest BCUT2D eigenvalue weighted by atomic mass is 35.5. The van der Waals surface area contributed by atoms with Crippen LogP contribution in [0.1, 0.15) is 24.1 Å². The summed E-state index contributed by atoms with van der Waals surface area (Å²) in [6.45, 7) is 3.75. The van der Waals surface area contributed by atoms with Gasteiger partial charge < -0.3 is 20.1 Å². The number of carbonyl (C=O) groups excluding carboxylic acids is 1. The lowest BCUT2D eigenvalue weighted by Crippen LogP contribution is -2.34. The lowest BCUT2D eigenvalue weighted by molar-refractivity contribution is -0.120. The van der Waals surface area contributed by atoms with Crippen molar-refractivity contribution in [3.63, 3.8) is 0 Å². The van der Waals surface area contributed by atoms with Gasteiger partial charge in [-0.2, -0.15) is 0 Å². The molecule has 0 aliphatic heterocycles. The first-order valence-electron chi connectivity index (χ1n) is 8.55. The number of halogens is 1. The number of nitrogens with one attached hydrogen (secondary N) is 2. The maximum Gasteiger partial charge on any atom is 0.234 e. The Kier molecular flexibility index (Phi) is 8.41. The zero-order valence-corrected chi connectivity index (χ0v) is 15.9. The Morgan fingerprint density at radius 3 is 2.54 bits per heavy atom. The van der Waals surface area contributed by atoms with Crippen LogP contribution in [-0.4, -0.2) is 32.8 Å². The second-order valence-corrected chi connectivity index (χ2v) is 6.29. The summed E-state index contributed by atoms with van der Waals surface area (Å²) >= 11 is 6.17. The highest BCUT2D eigenvalue weighted by Gasteiger charge is 2.10. The van der Waals surface area contributed by atoms with Crippen molar-refractivity contribution in [2.45, 2.75) is 19.5 Å². The average molecular weight is 377 g/mol. The molecule has 0 saturated heterocycles. The summed E-state index contributed by atoms with van der Waals surface area (Å²) < 4.78 is 10.5. The van der Waals surface area contributed by atoms with Gasteiger partial charge in [-0.05, 0) is 36.2 Å². The van der Waals surface area contributed by atoms with Gasteiger partial charge in [0.05, 0.1) is 13.2 Å². The number of methoxy groups -OCH3 is 1. The van der Waals surface area contributed by atoms with E-state index in [-0.39, 0.29) is 18.5 Å². The van der Waals surface area contributed by atoms with Crippen LogP contribution in [0.25, 0.3) is 0 Å². The molecule has 2 rings (SSSR count). The fourth-order valence-corrected chi connectivity index (χ4v) is 2.69. The summed E-state index contributed by atoms with van der Waals surface area (Å²) in [5.41, 5.74) is 1.99. The van der Waals surface area contributed by atoms with Crippen molar-refractivity contribution in [2.24, 2.45) is 0 Å². The molecule has 2 N–H and O–H groups in total. The monoisotopic (exact) mass is 376 g/mol. The lowest BCUT2D eigenvalue weighted by Gasteiger charge is -2.15. The largest absolute Gasteiger partial charge is 0.491 e. The third kappa shape index (κ3) is 6.67. The van der Waals surface area contributed by atoms with Gasteiger partial charge in [0.25, 0.3) is 0 Å². The molecule has 5 nitrogen and oxygen atoms in total. The van der Waals surface area contributed by atoms with E-state index in [0.29, 0.717) is 24.8 Å². The molecular formula is C20H25ClN2O3. The third-order valence-electron chi connectivity index (χ3n) is 3.91. The fourth-order valence-electron chi connectivity index (χ4n) is 2.39. The summed E-state index contributed by atoms with van der Waals surface area (Å²) in [4.78, 5) is 12.0. The number of amides is 1. The van der Waals surface area contributed by atoms with Crippen LogP contribution in [0.4, 0.5) is 0 Å². The van der Waals surface area contributed by atoms with Gasteiger partial charge in [-0.25, -0.2) is 0 Å². The van der Waals surface area contributed by atoms with Crippen LogP contribution < -0.4 is 15.4 Å². The first kappa shape index (κ1) is 20.2. The molecule has 0 fully saturated rings.